The third-order valence-electron chi connectivity index (χ3n) is 12.6. The van der Waals surface area contributed by atoms with Crippen molar-refractivity contribution in [2.24, 2.45) is 0 Å². The second kappa shape index (κ2) is 54.2. The highest BCUT2D eigenvalue weighted by Crippen LogP contribution is 2.16. The van der Waals surface area contributed by atoms with Gasteiger partial charge in [0.1, 0.15) is 13.2 Å². The summed E-state index contributed by atoms with van der Waals surface area (Å²) in [5.74, 6) is -0.876. The first-order valence-corrected chi connectivity index (χ1v) is 28.5. The summed E-state index contributed by atoms with van der Waals surface area (Å²) >= 11 is 0. The summed E-state index contributed by atoms with van der Waals surface area (Å²) in [6, 6.07) is 0. The van der Waals surface area contributed by atoms with Crippen LogP contribution in [0.3, 0.4) is 0 Å². The van der Waals surface area contributed by atoms with Crippen molar-refractivity contribution >= 4 is 17.9 Å². The van der Waals surface area contributed by atoms with Gasteiger partial charge in [-0.1, -0.05) is 243 Å². The van der Waals surface area contributed by atoms with Crippen molar-refractivity contribution in [1.82, 2.24) is 0 Å². The molecule has 0 aliphatic heterocycles. The van der Waals surface area contributed by atoms with Crippen LogP contribution in [0, 0.1) is 0 Å². The molecule has 0 aromatic carbocycles. The topological polar surface area (TPSA) is 78.9 Å². The molecule has 0 spiro atoms. The van der Waals surface area contributed by atoms with Gasteiger partial charge < -0.3 is 14.2 Å². The Kier molecular flexibility index (Phi) is 52.3. The van der Waals surface area contributed by atoms with Gasteiger partial charge in [0, 0.05) is 19.3 Å². The molecule has 0 radical (unpaired) electrons. The Bertz CT molecular complexity index is 1090. The average molecular weight is 914 g/mol. The van der Waals surface area contributed by atoms with Gasteiger partial charge in [0.15, 0.2) is 6.10 Å². The van der Waals surface area contributed by atoms with E-state index in [4.69, 9.17) is 14.2 Å². The van der Waals surface area contributed by atoms with Crippen molar-refractivity contribution in [2.75, 3.05) is 13.2 Å². The molecular weight excluding hydrogens is 805 g/mol. The van der Waals surface area contributed by atoms with E-state index < -0.39 is 6.10 Å². The number of rotatable bonds is 52. The maximum atomic E-state index is 12.8. The Morgan fingerprint density at radius 1 is 0.308 bits per heavy atom. The number of hydrogen-bond donors (Lipinski definition) is 0. The van der Waals surface area contributed by atoms with Gasteiger partial charge in [-0.05, 0) is 77.0 Å². The average Bonchev–Trinajstić information content (AvgIpc) is 3.30. The monoisotopic (exact) mass is 913 g/mol. The van der Waals surface area contributed by atoms with E-state index in [1.807, 2.05) is 0 Å². The van der Waals surface area contributed by atoms with Crippen LogP contribution in [0.25, 0.3) is 0 Å². The minimum Gasteiger partial charge on any atom is -0.462 e. The maximum Gasteiger partial charge on any atom is 0.306 e. The van der Waals surface area contributed by atoms with Gasteiger partial charge in [-0.25, -0.2) is 0 Å². The lowest BCUT2D eigenvalue weighted by Gasteiger charge is -2.18. The molecular formula is C59H108O6. The summed E-state index contributed by atoms with van der Waals surface area (Å²) in [6.07, 6.45) is 64.1. The number of esters is 3. The highest BCUT2D eigenvalue weighted by atomic mass is 16.6. The molecule has 6 nitrogen and oxygen atoms in total. The normalized spacial score (nSPS) is 12.2. The zero-order valence-electron chi connectivity index (χ0n) is 43.5. The minimum absolute atomic E-state index is 0.0757. The molecule has 0 fully saturated rings. The van der Waals surface area contributed by atoms with Crippen molar-refractivity contribution in [3.05, 3.63) is 36.5 Å². The molecule has 0 heterocycles. The number of carbonyl (C=O) groups is 3. The third kappa shape index (κ3) is 52.5. The van der Waals surface area contributed by atoms with Gasteiger partial charge >= 0.3 is 17.9 Å². The zero-order valence-corrected chi connectivity index (χ0v) is 43.5. The third-order valence-corrected chi connectivity index (χ3v) is 12.6. The Morgan fingerprint density at radius 3 is 0.908 bits per heavy atom. The minimum atomic E-state index is -0.775. The molecule has 0 aliphatic carbocycles. The molecule has 0 saturated heterocycles. The van der Waals surface area contributed by atoms with E-state index in [1.54, 1.807) is 0 Å². The van der Waals surface area contributed by atoms with Gasteiger partial charge in [-0.15, -0.1) is 0 Å². The van der Waals surface area contributed by atoms with Gasteiger partial charge in [0.25, 0.3) is 0 Å². The number of ether oxygens (including phenoxy) is 3. The predicted octanol–water partition coefficient (Wildman–Crippen LogP) is 18.9. The summed E-state index contributed by atoms with van der Waals surface area (Å²) in [6.45, 7) is 6.62. The molecule has 0 saturated carbocycles. The highest BCUT2D eigenvalue weighted by Gasteiger charge is 2.19. The van der Waals surface area contributed by atoms with Crippen LogP contribution in [0.5, 0.6) is 0 Å². The van der Waals surface area contributed by atoms with Crippen LogP contribution in [-0.2, 0) is 28.6 Å². The molecule has 0 aromatic rings. The van der Waals surface area contributed by atoms with Crippen LogP contribution in [-0.4, -0.2) is 37.2 Å². The number of allylic oxidation sites excluding steroid dienone is 6. The van der Waals surface area contributed by atoms with Crippen LogP contribution in [0.2, 0.25) is 0 Å². The van der Waals surface area contributed by atoms with Gasteiger partial charge in [-0.2, -0.15) is 0 Å². The number of unbranched alkanes of at least 4 members (excludes halogenated alkanes) is 35. The highest BCUT2D eigenvalue weighted by molar-refractivity contribution is 5.71. The Hall–Kier alpha value is -2.37. The maximum absolute atomic E-state index is 12.8. The molecule has 0 aromatic heterocycles. The van der Waals surface area contributed by atoms with E-state index in [0.29, 0.717) is 19.3 Å². The van der Waals surface area contributed by atoms with Gasteiger partial charge in [0.2, 0.25) is 0 Å². The lowest BCUT2D eigenvalue weighted by Crippen LogP contribution is -2.30. The number of hydrogen-bond acceptors (Lipinski definition) is 6. The first-order chi connectivity index (χ1) is 32.0. The summed E-state index contributed by atoms with van der Waals surface area (Å²) in [7, 11) is 0. The molecule has 1 atom stereocenters. The fraction of sp³-hybridized carbons (Fsp3) is 0.847. The van der Waals surface area contributed by atoms with Crippen LogP contribution < -0.4 is 0 Å². The van der Waals surface area contributed by atoms with Crippen LogP contribution >= 0.6 is 0 Å². The summed E-state index contributed by atoms with van der Waals surface area (Å²) < 4.78 is 16.8. The molecule has 380 valence electrons. The van der Waals surface area contributed by atoms with Crippen molar-refractivity contribution in [3.63, 3.8) is 0 Å². The molecule has 65 heavy (non-hydrogen) atoms. The van der Waals surface area contributed by atoms with Crippen molar-refractivity contribution in [1.29, 1.82) is 0 Å². The van der Waals surface area contributed by atoms with Crippen molar-refractivity contribution in [3.8, 4) is 0 Å². The first-order valence-electron chi connectivity index (χ1n) is 28.5. The standard InChI is InChI=1S/C59H108O6/c1-4-7-10-13-16-19-22-25-27-29-31-32-34-37-40-43-46-49-52-58(61)64-55-56(54-63-57(60)51-48-45-42-39-36-24-21-18-15-12-9-6-3)65-59(62)53-50-47-44-41-38-35-33-30-28-26-23-20-17-14-11-8-5-2/h18-19,21-22,27,29,56H,4-17,20,23-26,28,30-55H2,1-3H3/b21-18-,22-19-,29-27-. The zero-order chi connectivity index (χ0) is 47.2. The van der Waals surface area contributed by atoms with E-state index in [0.717, 1.165) is 77.0 Å². The largest absolute Gasteiger partial charge is 0.462 e. The van der Waals surface area contributed by atoms with E-state index in [1.165, 1.54) is 186 Å². The Balaban J connectivity index is 4.33. The second-order valence-electron chi connectivity index (χ2n) is 19.2. The SMILES string of the molecule is CCCCC/C=C\CCCCCCCC(=O)OCC(COC(=O)CCCCCCCCC/C=C\C/C=C\CCCCCC)OC(=O)CCCCCCCCCCCCCCCCCCC. The van der Waals surface area contributed by atoms with E-state index in [2.05, 4.69) is 57.2 Å². The Labute approximate surface area is 404 Å². The van der Waals surface area contributed by atoms with Gasteiger partial charge in [0.05, 0.1) is 0 Å². The molecule has 0 rings (SSSR count). The summed E-state index contributed by atoms with van der Waals surface area (Å²) in [5, 5.41) is 0. The molecule has 1 unspecified atom stereocenters. The molecule has 0 amide bonds. The smallest absolute Gasteiger partial charge is 0.306 e. The quantitative estimate of drug-likeness (QED) is 0.0262. The van der Waals surface area contributed by atoms with Crippen LogP contribution in [0.1, 0.15) is 303 Å². The number of carbonyl (C=O) groups excluding carboxylic acids is 3. The van der Waals surface area contributed by atoms with Crippen LogP contribution in [0.15, 0.2) is 36.5 Å². The second-order valence-corrected chi connectivity index (χ2v) is 19.2. The van der Waals surface area contributed by atoms with Gasteiger partial charge in [-0.3, -0.25) is 14.4 Å². The van der Waals surface area contributed by atoms with E-state index in [-0.39, 0.29) is 31.1 Å². The molecule has 0 N–H and O–H groups in total. The fourth-order valence-corrected chi connectivity index (χ4v) is 8.29. The molecule has 0 aliphatic rings. The Morgan fingerprint density at radius 2 is 0.554 bits per heavy atom. The van der Waals surface area contributed by atoms with Crippen molar-refractivity contribution in [2.45, 2.75) is 309 Å². The summed E-state index contributed by atoms with van der Waals surface area (Å²) in [5.41, 5.74) is 0. The van der Waals surface area contributed by atoms with Crippen molar-refractivity contribution < 1.29 is 28.6 Å². The molecule has 0 bridgehead atoms. The first kappa shape index (κ1) is 62.6. The lowest BCUT2D eigenvalue weighted by atomic mass is 10.0. The van der Waals surface area contributed by atoms with Crippen LogP contribution in [0.4, 0.5) is 0 Å². The van der Waals surface area contributed by atoms with E-state index >= 15 is 0 Å². The van der Waals surface area contributed by atoms with E-state index in [9.17, 15) is 14.4 Å². The molecule has 6 heteroatoms. The fourth-order valence-electron chi connectivity index (χ4n) is 8.29. The lowest BCUT2D eigenvalue weighted by molar-refractivity contribution is -0.167. The summed E-state index contributed by atoms with van der Waals surface area (Å²) in [4.78, 5) is 38.1. The predicted molar refractivity (Wildman–Crippen MR) is 279 cm³/mol.